The number of aromatic nitrogens is 1. The summed E-state index contributed by atoms with van der Waals surface area (Å²) in [5.41, 5.74) is 8.15. The van der Waals surface area contributed by atoms with Crippen LogP contribution in [-0.2, 0) is 12.8 Å². The van der Waals surface area contributed by atoms with Gasteiger partial charge in [-0.05, 0) is 48.4 Å². The molecule has 0 unspecified atom stereocenters. The molecule has 2 heterocycles. The molecule has 4 nitrogen and oxygen atoms in total. The molecule has 5 heteroatoms. The van der Waals surface area contributed by atoms with Gasteiger partial charge in [0, 0.05) is 21.3 Å². The van der Waals surface area contributed by atoms with Gasteiger partial charge in [-0.1, -0.05) is 55.5 Å². The van der Waals surface area contributed by atoms with Gasteiger partial charge in [0.05, 0.1) is 16.8 Å². The van der Waals surface area contributed by atoms with Gasteiger partial charge in [0.2, 0.25) is 0 Å². The maximum absolute atomic E-state index is 12.7. The zero-order valence-corrected chi connectivity index (χ0v) is 17.6. The number of aromatic amines is 1. The Kier molecular flexibility index (Phi) is 4.97. The smallest absolute Gasteiger partial charge is 0.281 e. The number of hydrogen-bond acceptors (Lipinski definition) is 3. The zero-order valence-electron chi connectivity index (χ0n) is 16.8. The number of rotatable bonds is 4. The van der Waals surface area contributed by atoms with E-state index < -0.39 is 0 Å². The van der Waals surface area contributed by atoms with Gasteiger partial charge < -0.3 is 4.98 Å². The van der Waals surface area contributed by atoms with Crippen molar-refractivity contribution in [3.63, 3.8) is 0 Å². The van der Waals surface area contributed by atoms with E-state index in [0.29, 0.717) is 5.92 Å². The minimum atomic E-state index is -0.139. The van der Waals surface area contributed by atoms with Crippen LogP contribution in [0.1, 0.15) is 39.0 Å². The van der Waals surface area contributed by atoms with E-state index in [1.54, 1.807) is 17.6 Å². The number of nitrogens with zero attached hydrogens (tertiary/aromatic N) is 1. The second-order valence-corrected chi connectivity index (χ2v) is 9.07. The van der Waals surface area contributed by atoms with Crippen LogP contribution in [0, 0.1) is 5.92 Å². The minimum Gasteiger partial charge on any atom is -0.354 e. The molecule has 1 amide bonds. The van der Waals surface area contributed by atoms with E-state index in [1.807, 2.05) is 36.4 Å². The summed E-state index contributed by atoms with van der Waals surface area (Å²) in [7, 11) is 0. The Morgan fingerprint density at radius 2 is 1.97 bits per heavy atom. The number of thiophene rings is 1. The number of aryl methyl sites for hydroxylation is 1. The van der Waals surface area contributed by atoms with Crippen LogP contribution in [0.5, 0.6) is 0 Å². The lowest BCUT2D eigenvalue weighted by Crippen LogP contribution is -2.16. The summed E-state index contributed by atoms with van der Waals surface area (Å²) >= 11 is 1.60. The average molecular weight is 414 g/mol. The molecule has 5 rings (SSSR count). The zero-order chi connectivity index (χ0) is 20.5. The highest BCUT2D eigenvalue weighted by atomic mass is 32.1. The first-order chi connectivity index (χ1) is 14.7. The average Bonchev–Trinajstić information content (AvgIpc) is 3.36. The number of hydrogen-bond donors (Lipinski definition) is 2. The molecule has 30 heavy (non-hydrogen) atoms. The summed E-state index contributed by atoms with van der Waals surface area (Å²) in [6, 6.07) is 20.4. The highest BCUT2D eigenvalue weighted by Crippen LogP contribution is 2.32. The van der Waals surface area contributed by atoms with Gasteiger partial charge in [-0.15, -0.1) is 11.3 Å². The maximum atomic E-state index is 12.7. The summed E-state index contributed by atoms with van der Waals surface area (Å²) in [4.78, 5) is 18.3. The van der Waals surface area contributed by atoms with Crippen molar-refractivity contribution in [1.82, 2.24) is 10.4 Å². The van der Waals surface area contributed by atoms with E-state index in [-0.39, 0.29) is 5.91 Å². The molecule has 0 radical (unpaired) electrons. The van der Waals surface area contributed by atoms with Crippen LogP contribution in [0.3, 0.4) is 0 Å². The molecule has 1 atom stereocenters. The predicted octanol–water partition coefficient (Wildman–Crippen LogP) is 5.79. The molecular weight excluding hydrogens is 390 g/mol. The van der Waals surface area contributed by atoms with Gasteiger partial charge in [-0.3, -0.25) is 4.79 Å². The number of carbonyl (C=O) groups is 1. The second-order valence-electron chi connectivity index (χ2n) is 7.93. The fourth-order valence-electron chi connectivity index (χ4n) is 4.16. The lowest BCUT2D eigenvalue weighted by atomic mass is 9.90. The molecule has 4 aromatic rings. The Balaban J connectivity index is 1.41. The maximum Gasteiger partial charge on any atom is 0.281 e. The van der Waals surface area contributed by atoms with Crippen molar-refractivity contribution in [3.05, 3.63) is 81.5 Å². The van der Waals surface area contributed by atoms with Crippen LogP contribution in [0.2, 0.25) is 0 Å². The Labute approximate surface area is 179 Å². The molecule has 2 aromatic carbocycles. The van der Waals surface area contributed by atoms with Gasteiger partial charge in [-0.2, -0.15) is 5.10 Å². The van der Waals surface area contributed by atoms with Gasteiger partial charge in [0.25, 0.3) is 5.91 Å². The number of hydrazone groups is 1. The Bertz CT molecular complexity index is 1240. The van der Waals surface area contributed by atoms with E-state index >= 15 is 0 Å². The third kappa shape index (κ3) is 3.57. The molecule has 1 aliphatic carbocycles. The molecule has 0 aliphatic heterocycles. The van der Waals surface area contributed by atoms with E-state index in [4.69, 9.17) is 0 Å². The SMILES string of the molecule is C[C@@H]1CCc2sc(C(=O)N/N=C/c3c(-c4ccccc4)[nH]c4ccccc34)cc2C1. The highest BCUT2D eigenvalue weighted by Gasteiger charge is 2.20. The largest absolute Gasteiger partial charge is 0.354 e. The number of nitrogens with one attached hydrogen (secondary N) is 2. The predicted molar refractivity (Wildman–Crippen MR) is 124 cm³/mol. The van der Waals surface area contributed by atoms with Crippen molar-refractivity contribution >= 4 is 34.4 Å². The van der Waals surface area contributed by atoms with Gasteiger partial charge >= 0.3 is 0 Å². The summed E-state index contributed by atoms with van der Waals surface area (Å²) in [5, 5.41) is 5.39. The van der Waals surface area contributed by atoms with Crippen LogP contribution >= 0.6 is 11.3 Å². The third-order valence-corrected chi connectivity index (χ3v) is 6.96. The molecule has 0 spiro atoms. The van der Waals surface area contributed by atoms with Gasteiger partial charge in [0.15, 0.2) is 0 Å². The molecule has 2 aromatic heterocycles. The molecule has 0 saturated heterocycles. The molecule has 0 saturated carbocycles. The standard InChI is InChI=1S/C25H23N3OS/c1-16-11-12-22-18(13-16)14-23(30-22)25(29)28-26-15-20-19-9-5-6-10-21(19)27-24(20)17-7-3-2-4-8-17/h2-10,14-16,27H,11-13H2,1H3,(H,28,29)/b26-15+/t16-/m1/s1. The van der Waals surface area contributed by atoms with Crippen LogP contribution in [0.15, 0.2) is 65.8 Å². The molecule has 1 aliphatic rings. The first kappa shape index (κ1) is 18.8. The fourth-order valence-corrected chi connectivity index (χ4v) is 5.26. The normalized spacial score (nSPS) is 16.1. The van der Waals surface area contributed by atoms with Crippen LogP contribution in [0.4, 0.5) is 0 Å². The summed E-state index contributed by atoms with van der Waals surface area (Å²) in [6.45, 7) is 2.27. The number of benzene rings is 2. The van der Waals surface area contributed by atoms with Crippen LogP contribution in [-0.4, -0.2) is 17.1 Å². The van der Waals surface area contributed by atoms with Crippen molar-refractivity contribution in [1.29, 1.82) is 0 Å². The summed E-state index contributed by atoms with van der Waals surface area (Å²) in [6.07, 6.45) is 5.09. The Hall–Kier alpha value is -3.18. The van der Waals surface area contributed by atoms with Crippen molar-refractivity contribution < 1.29 is 4.79 Å². The van der Waals surface area contributed by atoms with Crippen molar-refractivity contribution in [2.45, 2.75) is 26.2 Å². The number of amides is 1. The van der Waals surface area contributed by atoms with Crippen molar-refractivity contribution in [2.24, 2.45) is 11.0 Å². The van der Waals surface area contributed by atoms with Crippen LogP contribution < -0.4 is 5.43 Å². The first-order valence-corrected chi connectivity index (χ1v) is 11.1. The number of para-hydroxylation sites is 1. The van der Waals surface area contributed by atoms with Crippen molar-refractivity contribution in [3.8, 4) is 11.3 Å². The molecule has 150 valence electrons. The number of H-pyrrole nitrogens is 1. The molecular formula is C25H23N3OS. The lowest BCUT2D eigenvalue weighted by molar-refractivity contribution is 0.0959. The summed E-state index contributed by atoms with van der Waals surface area (Å²) < 4.78 is 0. The quantitative estimate of drug-likeness (QED) is 0.323. The van der Waals surface area contributed by atoms with Crippen molar-refractivity contribution in [2.75, 3.05) is 0 Å². The van der Waals surface area contributed by atoms with E-state index in [1.165, 1.54) is 16.9 Å². The summed E-state index contributed by atoms with van der Waals surface area (Å²) in [5.74, 6) is 0.554. The van der Waals surface area contributed by atoms with Crippen LogP contribution in [0.25, 0.3) is 22.2 Å². The minimum absolute atomic E-state index is 0.139. The van der Waals surface area contributed by atoms with E-state index in [9.17, 15) is 4.79 Å². The number of carbonyl (C=O) groups excluding carboxylic acids is 1. The van der Waals surface area contributed by atoms with E-state index in [2.05, 4.69) is 46.7 Å². The van der Waals surface area contributed by atoms with E-state index in [0.717, 1.165) is 45.4 Å². The monoisotopic (exact) mass is 413 g/mol. The lowest BCUT2D eigenvalue weighted by Gasteiger charge is -2.16. The molecule has 0 fully saturated rings. The third-order valence-electron chi connectivity index (χ3n) is 5.72. The number of fused-ring (bicyclic) bond motifs is 2. The Morgan fingerprint density at radius 3 is 2.83 bits per heavy atom. The first-order valence-electron chi connectivity index (χ1n) is 10.3. The fraction of sp³-hybridized carbons (Fsp3) is 0.200. The topological polar surface area (TPSA) is 57.2 Å². The molecule has 0 bridgehead atoms. The Morgan fingerprint density at radius 1 is 1.17 bits per heavy atom. The second kappa shape index (κ2) is 7.92. The van der Waals surface area contributed by atoms with Gasteiger partial charge in [0.1, 0.15) is 0 Å². The highest BCUT2D eigenvalue weighted by molar-refractivity contribution is 7.14. The molecule has 2 N–H and O–H groups in total. The van der Waals surface area contributed by atoms with Gasteiger partial charge in [-0.25, -0.2) is 5.43 Å².